The maximum atomic E-state index is 8.86. The topological polar surface area (TPSA) is 36.7 Å². The standard InChI is InChI=1S/C10H11ClN2S/c1-10(2,7-11)14-9-6-13-4-3-8(9)5-12/h3-4,6H,7H2,1-2H3. The molecule has 0 saturated carbocycles. The average Bonchev–Trinajstić information content (AvgIpc) is 2.18. The Balaban J connectivity index is 2.92. The minimum absolute atomic E-state index is 0.0732. The number of alkyl halides is 1. The zero-order chi connectivity index (χ0) is 10.6. The minimum Gasteiger partial charge on any atom is -0.263 e. The Hall–Kier alpha value is -0.720. The normalized spacial score (nSPS) is 11.0. The molecule has 0 bridgehead atoms. The lowest BCUT2D eigenvalue weighted by Crippen LogP contribution is -2.16. The van der Waals surface area contributed by atoms with E-state index in [1.54, 1.807) is 30.2 Å². The maximum absolute atomic E-state index is 8.86. The molecule has 14 heavy (non-hydrogen) atoms. The summed E-state index contributed by atoms with van der Waals surface area (Å²) in [5.74, 6) is 0.539. The molecule has 0 amide bonds. The van der Waals surface area contributed by atoms with Gasteiger partial charge in [-0.15, -0.1) is 23.4 Å². The number of thioether (sulfide) groups is 1. The van der Waals surface area contributed by atoms with Gasteiger partial charge in [0.05, 0.1) is 5.56 Å². The van der Waals surface area contributed by atoms with E-state index < -0.39 is 0 Å². The zero-order valence-corrected chi connectivity index (χ0v) is 9.69. The van der Waals surface area contributed by atoms with Crippen molar-refractivity contribution in [3.63, 3.8) is 0 Å². The number of rotatable bonds is 3. The highest BCUT2D eigenvalue weighted by atomic mass is 35.5. The van der Waals surface area contributed by atoms with E-state index in [-0.39, 0.29) is 4.75 Å². The van der Waals surface area contributed by atoms with Gasteiger partial charge in [0, 0.05) is 27.9 Å². The van der Waals surface area contributed by atoms with Gasteiger partial charge in [0.1, 0.15) is 6.07 Å². The summed E-state index contributed by atoms with van der Waals surface area (Å²) in [5.41, 5.74) is 0.656. The van der Waals surface area contributed by atoms with Crippen molar-refractivity contribution < 1.29 is 0 Å². The highest BCUT2D eigenvalue weighted by Crippen LogP contribution is 2.34. The Bertz CT molecular complexity index is 357. The summed E-state index contributed by atoms with van der Waals surface area (Å²) in [4.78, 5) is 4.89. The van der Waals surface area contributed by atoms with E-state index in [0.29, 0.717) is 11.4 Å². The van der Waals surface area contributed by atoms with E-state index >= 15 is 0 Å². The minimum atomic E-state index is -0.0732. The van der Waals surface area contributed by atoms with Crippen LogP contribution in [0.25, 0.3) is 0 Å². The summed E-state index contributed by atoms with van der Waals surface area (Å²) in [7, 11) is 0. The fourth-order valence-electron chi connectivity index (χ4n) is 0.879. The lowest BCUT2D eigenvalue weighted by Gasteiger charge is -2.20. The number of nitrogens with zero attached hydrogens (tertiary/aromatic N) is 2. The van der Waals surface area contributed by atoms with Crippen LogP contribution in [0.1, 0.15) is 19.4 Å². The third kappa shape index (κ3) is 2.90. The number of hydrogen-bond donors (Lipinski definition) is 0. The molecule has 0 radical (unpaired) electrons. The molecule has 0 saturated heterocycles. The average molecular weight is 227 g/mol. The fraction of sp³-hybridized carbons (Fsp3) is 0.400. The third-order valence-electron chi connectivity index (χ3n) is 1.61. The van der Waals surface area contributed by atoms with E-state index in [4.69, 9.17) is 16.9 Å². The molecule has 4 heteroatoms. The van der Waals surface area contributed by atoms with Crippen LogP contribution in [0, 0.1) is 11.3 Å². The van der Waals surface area contributed by atoms with Gasteiger partial charge < -0.3 is 0 Å². The van der Waals surface area contributed by atoms with Crippen molar-refractivity contribution in [3.05, 3.63) is 24.0 Å². The van der Waals surface area contributed by atoms with Crippen LogP contribution in [0.2, 0.25) is 0 Å². The predicted molar refractivity (Wildman–Crippen MR) is 59.6 cm³/mol. The molecule has 0 fully saturated rings. The van der Waals surface area contributed by atoms with Gasteiger partial charge in [-0.05, 0) is 19.9 Å². The molecule has 0 aliphatic rings. The molecule has 1 heterocycles. The summed E-state index contributed by atoms with van der Waals surface area (Å²) in [6.07, 6.45) is 3.33. The smallest absolute Gasteiger partial charge is 0.100 e. The molecular weight excluding hydrogens is 216 g/mol. The van der Waals surface area contributed by atoms with Gasteiger partial charge in [-0.3, -0.25) is 4.98 Å². The summed E-state index contributed by atoms with van der Waals surface area (Å²) in [6.45, 7) is 4.08. The molecule has 0 aliphatic carbocycles. The van der Waals surface area contributed by atoms with E-state index in [0.717, 1.165) is 4.90 Å². The molecule has 0 unspecified atom stereocenters. The van der Waals surface area contributed by atoms with Crippen LogP contribution < -0.4 is 0 Å². The lowest BCUT2D eigenvalue weighted by atomic mass is 10.2. The van der Waals surface area contributed by atoms with Crippen LogP contribution >= 0.6 is 23.4 Å². The Morgan fingerprint density at radius 1 is 1.64 bits per heavy atom. The first-order valence-corrected chi connectivity index (χ1v) is 5.53. The SMILES string of the molecule is CC(C)(CCl)Sc1cnccc1C#N. The van der Waals surface area contributed by atoms with Crippen molar-refractivity contribution in [1.82, 2.24) is 4.98 Å². The van der Waals surface area contributed by atoms with Gasteiger partial charge >= 0.3 is 0 Å². The van der Waals surface area contributed by atoms with Crippen LogP contribution in [-0.2, 0) is 0 Å². The number of nitriles is 1. The molecule has 0 atom stereocenters. The second-order valence-electron chi connectivity index (χ2n) is 3.48. The van der Waals surface area contributed by atoms with Crippen LogP contribution in [-0.4, -0.2) is 15.6 Å². The highest BCUT2D eigenvalue weighted by Gasteiger charge is 2.19. The van der Waals surface area contributed by atoms with Gasteiger partial charge in [0.2, 0.25) is 0 Å². The molecule has 1 aromatic rings. The first-order valence-electron chi connectivity index (χ1n) is 4.18. The Labute approximate surface area is 93.3 Å². The van der Waals surface area contributed by atoms with Crippen molar-refractivity contribution in [1.29, 1.82) is 5.26 Å². The fourth-order valence-corrected chi connectivity index (χ4v) is 2.03. The van der Waals surface area contributed by atoms with Crippen molar-refractivity contribution in [2.75, 3.05) is 5.88 Å². The van der Waals surface area contributed by atoms with Crippen molar-refractivity contribution in [2.45, 2.75) is 23.5 Å². The molecule has 2 nitrogen and oxygen atoms in total. The molecule has 0 aliphatic heterocycles. The monoisotopic (exact) mass is 226 g/mol. The quantitative estimate of drug-likeness (QED) is 0.587. The molecule has 0 spiro atoms. The van der Waals surface area contributed by atoms with Gasteiger partial charge in [-0.1, -0.05) is 0 Å². The summed E-state index contributed by atoms with van der Waals surface area (Å²) in [5, 5.41) is 8.86. The third-order valence-corrected chi connectivity index (χ3v) is 3.68. The first kappa shape index (κ1) is 11.4. The largest absolute Gasteiger partial charge is 0.263 e. The van der Waals surface area contributed by atoms with Crippen molar-refractivity contribution in [3.8, 4) is 6.07 Å². The van der Waals surface area contributed by atoms with E-state index in [2.05, 4.69) is 11.1 Å². The first-order chi connectivity index (χ1) is 6.59. The van der Waals surface area contributed by atoms with Gasteiger partial charge in [0.15, 0.2) is 0 Å². The Morgan fingerprint density at radius 3 is 2.93 bits per heavy atom. The van der Waals surface area contributed by atoms with Gasteiger partial charge in [0.25, 0.3) is 0 Å². The zero-order valence-electron chi connectivity index (χ0n) is 8.12. The van der Waals surface area contributed by atoms with Crippen molar-refractivity contribution in [2.24, 2.45) is 0 Å². The van der Waals surface area contributed by atoms with Gasteiger partial charge in [-0.25, -0.2) is 0 Å². The number of pyridine rings is 1. The second-order valence-corrected chi connectivity index (χ2v) is 5.50. The maximum Gasteiger partial charge on any atom is 0.100 e. The molecule has 1 aromatic heterocycles. The molecule has 74 valence electrons. The summed E-state index contributed by atoms with van der Waals surface area (Å²) in [6, 6.07) is 3.85. The van der Waals surface area contributed by atoms with Gasteiger partial charge in [-0.2, -0.15) is 5.26 Å². The van der Waals surface area contributed by atoms with Crippen LogP contribution in [0.15, 0.2) is 23.4 Å². The molecule has 0 N–H and O–H groups in total. The van der Waals surface area contributed by atoms with E-state index in [1.807, 2.05) is 13.8 Å². The molecular formula is C10H11ClN2S. The van der Waals surface area contributed by atoms with E-state index in [1.165, 1.54) is 0 Å². The lowest BCUT2D eigenvalue weighted by molar-refractivity contribution is 0.810. The summed E-state index contributed by atoms with van der Waals surface area (Å²) < 4.78 is -0.0732. The number of halogens is 1. The number of aromatic nitrogens is 1. The molecule has 0 aromatic carbocycles. The highest BCUT2D eigenvalue weighted by molar-refractivity contribution is 8.00. The Morgan fingerprint density at radius 2 is 2.36 bits per heavy atom. The summed E-state index contributed by atoms with van der Waals surface area (Å²) >= 11 is 7.39. The van der Waals surface area contributed by atoms with E-state index in [9.17, 15) is 0 Å². The van der Waals surface area contributed by atoms with Crippen LogP contribution in [0.3, 0.4) is 0 Å². The van der Waals surface area contributed by atoms with Crippen LogP contribution in [0.5, 0.6) is 0 Å². The Kier molecular flexibility index (Phi) is 3.79. The number of hydrogen-bond acceptors (Lipinski definition) is 3. The van der Waals surface area contributed by atoms with Crippen molar-refractivity contribution >= 4 is 23.4 Å². The second kappa shape index (κ2) is 4.68. The molecule has 1 rings (SSSR count). The van der Waals surface area contributed by atoms with Crippen LogP contribution in [0.4, 0.5) is 0 Å². The predicted octanol–water partition coefficient (Wildman–Crippen LogP) is 3.06.